The highest BCUT2D eigenvalue weighted by atomic mass is 32.2. The molecule has 2 heterocycles. The van der Waals surface area contributed by atoms with Crippen molar-refractivity contribution in [1.82, 2.24) is 14.3 Å². The minimum Gasteiger partial charge on any atom is -0.497 e. The Morgan fingerprint density at radius 1 is 1.04 bits per heavy atom. The minimum atomic E-state index is -3.72. The monoisotopic (exact) mass is 409 g/mol. The fourth-order valence-corrected chi connectivity index (χ4v) is 4.62. The highest BCUT2D eigenvalue weighted by Gasteiger charge is 2.32. The molecule has 1 aromatic carbocycles. The molecule has 10 heteroatoms. The third-order valence-corrected chi connectivity index (χ3v) is 6.39. The zero-order chi connectivity index (χ0) is 20.1. The third kappa shape index (κ3) is 4.28. The highest BCUT2D eigenvalue weighted by Crippen LogP contribution is 2.32. The van der Waals surface area contributed by atoms with E-state index in [2.05, 4.69) is 9.97 Å². The number of rotatable bonds is 7. The maximum Gasteiger partial charge on any atom is 0.319 e. The lowest BCUT2D eigenvalue weighted by molar-refractivity contribution is 0.128. The summed E-state index contributed by atoms with van der Waals surface area (Å²) in [6.07, 6.45) is 2.49. The molecule has 0 amide bonds. The summed E-state index contributed by atoms with van der Waals surface area (Å²) in [5, 5.41) is 0. The Balaban J connectivity index is 1.70. The smallest absolute Gasteiger partial charge is 0.319 e. The molecule has 1 fully saturated rings. The molecule has 0 unspecified atom stereocenters. The summed E-state index contributed by atoms with van der Waals surface area (Å²) in [5.41, 5.74) is 0. The quantitative estimate of drug-likeness (QED) is 0.682. The van der Waals surface area contributed by atoms with Gasteiger partial charge in [0.25, 0.3) is 0 Å². The summed E-state index contributed by atoms with van der Waals surface area (Å²) in [7, 11) is 0.695. The van der Waals surface area contributed by atoms with Crippen molar-refractivity contribution >= 4 is 10.0 Å². The standard InChI is InChI=1S/C18H23N3O6S/c1-24-14-4-5-15(25-2)16(12-14)28(22,23)21-10-7-13(8-11-21)27-17-6-9-19-18(20-17)26-3/h4-6,9,12-13H,7-8,10-11H2,1-3H3. The van der Waals surface area contributed by atoms with Crippen LogP contribution in [0.3, 0.4) is 0 Å². The minimum absolute atomic E-state index is 0.0919. The van der Waals surface area contributed by atoms with Crippen molar-refractivity contribution < 1.29 is 27.4 Å². The average Bonchev–Trinajstić information content (AvgIpc) is 2.73. The lowest BCUT2D eigenvalue weighted by Crippen LogP contribution is -2.41. The van der Waals surface area contributed by atoms with Crippen LogP contribution in [0.1, 0.15) is 12.8 Å². The Morgan fingerprint density at radius 3 is 2.43 bits per heavy atom. The first-order valence-electron chi connectivity index (χ1n) is 8.73. The molecule has 1 aromatic heterocycles. The van der Waals surface area contributed by atoms with Crippen LogP contribution >= 0.6 is 0 Å². The van der Waals surface area contributed by atoms with Crippen LogP contribution in [0.5, 0.6) is 23.4 Å². The molecule has 1 aliphatic rings. The second kappa shape index (κ2) is 8.61. The Morgan fingerprint density at radius 2 is 1.79 bits per heavy atom. The molecular weight excluding hydrogens is 386 g/mol. The van der Waals surface area contributed by atoms with Crippen molar-refractivity contribution in [3.8, 4) is 23.4 Å². The highest BCUT2D eigenvalue weighted by molar-refractivity contribution is 7.89. The van der Waals surface area contributed by atoms with E-state index in [9.17, 15) is 8.42 Å². The topological polar surface area (TPSA) is 100 Å². The van der Waals surface area contributed by atoms with E-state index in [4.69, 9.17) is 18.9 Å². The molecular formula is C18H23N3O6S. The number of piperidine rings is 1. The predicted molar refractivity (Wildman–Crippen MR) is 101 cm³/mol. The number of nitrogens with zero attached hydrogens (tertiary/aromatic N) is 3. The van der Waals surface area contributed by atoms with Gasteiger partial charge in [0.1, 0.15) is 22.5 Å². The molecule has 9 nitrogen and oxygen atoms in total. The maximum absolute atomic E-state index is 13.1. The zero-order valence-electron chi connectivity index (χ0n) is 16.0. The third-order valence-electron chi connectivity index (χ3n) is 4.47. The Bertz CT molecular complexity index is 913. The Hall–Kier alpha value is -2.59. The number of methoxy groups -OCH3 is 3. The molecule has 0 spiro atoms. The molecule has 152 valence electrons. The molecule has 0 aliphatic carbocycles. The molecule has 0 radical (unpaired) electrons. The first kappa shape index (κ1) is 20.2. The van der Waals surface area contributed by atoms with Gasteiger partial charge >= 0.3 is 6.01 Å². The summed E-state index contributed by atoms with van der Waals surface area (Å²) in [5.74, 6) is 1.14. The van der Waals surface area contributed by atoms with Crippen LogP contribution in [0.4, 0.5) is 0 Å². The van der Waals surface area contributed by atoms with Crippen LogP contribution in [0.2, 0.25) is 0 Å². The van der Waals surface area contributed by atoms with Gasteiger partial charge in [0.2, 0.25) is 15.9 Å². The maximum atomic E-state index is 13.1. The summed E-state index contributed by atoms with van der Waals surface area (Å²) < 4.78 is 48.8. The van der Waals surface area contributed by atoms with E-state index in [1.54, 1.807) is 24.4 Å². The predicted octanol–water partition coefficient (Wildman–Crippen LogP) is 1.73. The van der Waals surface area contributed by atoms with E-state index >= 15 is 0 Å². The van der Waals surface area contributed by atoms with Crippen molar-refractivity contribution in [3.05, 3.63) is 30.5 Å². The van der Waals surface area contributed by atoms with Crippen LogP contribution in [0.25, 0.3) is 0 Å². The number of sulfonamides is 1. The van der Waals surface area contributed by atoms with Gasteiger partial charge in [-0.25, -0.2) is 13.4 Å². The van der Waals surface area contributed by atoms with E-state index in [0.717, 1.165) is 0 Å². The van der Waals surface area contributed by atoms with Crippen molar-refractivity contribution in [1.29, 1.82) is 0 Å². The SMILES string of the molecule is COc1ccc(OC)c(S(=O)(=O)N2CCC(Oc3ccnc(OC)n3)CC2)c1. The molecule has 0 bridgehead atoms. The first-order valence-corrected chi connectivity index (χ1v) is 10.2. The van der Waals surface area contributed by atoms with E-state index < -0.39 is 10.0 Å². The number of hydrogen-bond donors (Lipinski definition) is 0. The van der Waals surface area contributed by atoms with E-state index in [1.807, 2.05) is 0 Å². The molecule has 1 saturated heterocycles. The molecule has 0 N–H and O–H groups in total. The van der Waals surface area contributed by atoms with Gasteiger partial charge in [0.05, 0.1) is 21.3 Å². The number of hydrogen-bond acceptors (Lipinski definition) is 8. The summed E-state index contributed by atoms with van der Waals surface area (Å²) in [6.45, 7) is 0.658. The van der Waals surface area contributed by atoms with Crippen LogP contribution in [0, 0.1) is 0 Å². The molecule has 0 saturated carbocycles. The average molecular weight is 409 g/mol. The van der Waals surface area contributed by atoms with Crippen LogP contribution in [-0.2, 0) is 10.0 Å². The van der Waals surface area contributed by atoms with Crippen molar-refractivity contribution in [3.63, 3.8) is 0 Å². The van der Waals surface area contributed by atoms with E-state index in [0.29, 0.717) is 37.6 Å². The zero-order valence-corrected chi connectivity index (χ0v) is 16.8. The number of benzene rings is 1. The normalized spacial score (nSPS) is 15.8. The van der Waals surface area contributed by atoms with Crippen LogP contribution in [-0.4, -0.2) is 63.2 Å². The fraction of sp³-hybridized carbons (Fsp3) is 0.444. The molecule has 0 atom stereocenters. The summed E-state index contributed by atoms with van der Waals surface area (Å²) in [6, 6.07) is 6.59. The van der Waals surface area contributed by atoms with Gasteiger partial charge in [0.15, 0.2) is 0 Å². The Labute approximate surface area is 164 Å². The van der Waals surface area contributed by atoms with E-state index in [-0.39, 0.29) is 22.8 Å². The molecule has 28 heavy (non-hydrogen) atoms. The van der Waals surface area contributed by atoms with Gasteiger partial charge in [-0.05, 0) is 25.0 Å². The second-order valence-corrected chi connectivity index (χ2v) is 8.03. The summed E-state index contributed by atoms with van der Waals surface area (Å²) >= 11 is 0. The fourth-order valence-electron chi connectivity index (χ4n) is 2.97. The largest absolute Gasteiger partial charge is 0.497 e. The van der Waals surface area contributed by atoms with Crippen LogP contribution in [0.15, 0.2) is 35.4 Å². The molecule has 3 rings (SSSR count). The second-order valence-electron chi connectivity index (χ2n) is 6.12. The van der Waals surface area contributed by atoms with E-state index in [1.165, 1.54) is 31.7 Å². The van der Waals surface area contributed by atoms with Crippen LogP contribution < -0.4 is 18.9 Å². The number of ether oxygens (including phenoxy) is 4. The van der Waals surface area contributed by atoms with Gasteiger partial charge in [-0.3, -0.25) is 0 Å². The molecule has 2 aromatic rings. The van der Waals surface area contributed by atoms with Gasteiger partial charge in [0, 0.05) is 31.4 Å². The van der Waals surface area contributed by atoms with Gasteiger partial charge < -0.3 is 18.9 Å². The lowest BCUT2D eigenvalue weighted by atomic mass is 10.1. The van der Waals surface area contributed by atoms with Crippen molar-refractivity contribution in [2.75, 3.05) is 34.4 Å². The Kier molecular flexibility index (Phi) is 6.20. The van der Waals surface area contributed by atoms with Gasteiger partial charge in [-0.15, -0.1) is 0 Å². The number of aromatic nitrogens is 2. The molecule has 1 aliphatic heterocycles. The first-order chi connectivity index (χ1) is 13.5. The lowest BCUT2D eigenvalue weighted by Gasteiger charge is -2.31. The van der Waals surface area contributed by atoms with Gasteiger partial charge in [-0.1, -0.05) is 0 Å². The summed E-state index contributed by atoms with van der Waals surface area (Å²) in [4.78, 5) is 8.15. The van der Waals surface area contributed by atoms with Crippen molar-refractivity contribution in [2.45, 2.75) is 23.8 Å². The van der Waals surface area contributed by atoms with Crippen molar-refractivity contribution in [2.24, 2.45) is 0 Å². The van der Waals surface area contributed by atoms with Gasteiger partial charge in [-0.2, -0.15) is 9.29 Å².